The molecule has 3 rings (SSSR count). The van der Waals surface area contributed by atoms with Crippen LogP contribution in [0.1, 0.15) is 37.7 Å². The van der Waals surface area contributed by atoms with Gasteiger partial charge in [-0.25, -0.2) is 4.79 Å². The first kappa shape index (κ1) is 17.1. The lowest BCUT2D eigenvalue weighted by atomic mass is 9.77. The number of benzene rings is 1. The van der Waals surface area contributed by atoms with Crippen molar-refractivity contribution in [3.8, 4) is 0 Å². The van der Waals surface area contributed by atoms with Crippen molar-refractivity contribution in [3.05, 3.63) is 34.9 Å². The van der Waals surface area contributed by atoms with Crippen LogP contribution in [0.25, 0.3) is 0 Å². The van der Waals surface area contributed by atoms with Gasteiger partial charge >= 0.3 is 6.03 Å². The zero-order valence-corrected chi connectivity index (χ0v) is 14.6. The van der Waals surface area contributed by atoms with E-state index in [1.807, 2.05) is 29.2 Å². The molecule has 0 atom stereocenters. The maximum absolute atomic E-state index is 13.4. The summed E-state index contributed by atoms with van der Waals surface area (Å²) in [6, 6.07) is 7.30. The lowest BCUT2D eigenvalue weighted by molar-refractivity contribution is -0.137. The fraction of sp³-hybridized carbons (Fsp3) is 0.556. The maximum atomic E-state index is 13.4. The SMILES string of the molecule is NC(=O)N1CCCN(C(=O)C2(c3cccc(Cl)c3)CCCC2)CC1. The molecule has 2 aliphatic rings. The Labute approximate surface area is 147 Å². The Morgan fingerprint density at radius 3 is 2.33 bits per heavy atom. The third-order valence-electron chi connectivity index (χ3n) is 5.34. The first-order valence-electron chi connectivity index (χ1n) is 8.63. The number of urea groups is 1. The minimum Gasteiger partial charge on any atom is -0.351 e. The lowest BCUT2D eigenvalue weighted by Gasteiger charge is -2.34. The fourth-order valence-corrected chi connectivity index (χ4v) is 4.22. The number of rotatable bonds is 2. The van der Waals surface area contributed by atoms with E-state index in [4.69, 9.17) is 17.3 Å². The Balaban J connectivity index is 1.84. The summed E-state index contributed by atoms with van der Waals surface area (Å²) in [5, 5.41) is 0.669. The zero-order valence-electron chi connectivity index (χ0n) is 13.8. The smallest absolute Gasteiger partial charge is 0.314 e. The highest BCUT2D eigenvalue weighted by Crippen LogP contribution is 2.43. The Kier molecular flexibility index (Phi) is 4.99. The monoisotopic (exact) mass is 349 g/mol. The molecule has 0 unspecified atom stereocenters. The molecule has 1 saturated carbocycles. The minimum absolute atomic E-state index is 0.175. The van der Waals surface area contributed by atoms with Crippen LogP contribution in [0.4, 0.5) is 4.79 Å². The largest absolute Gasteiger partial charge is 0.351 e. The summed E-state index contributed by atoms with van der Waals surface area (Å²) in [4.78, 5) is 28.3. The average Bonchev–Trinajstić information content (AvgIpc) is 2.93. The molecule has 0 radical (unpaired) electrons. The Hall–Kier alpha value is -1.75. The van der Waals surface area contributed by atoms with Gasteiger partial charge in [0.1, 0.15) is 0 Å². The summed E-state index contributed by atoms with van der Waals surface area (Å²) in [7, 11) is 0. The fourth-order valence-electron chi connectivity index (χ4n) is 4.03. The molecule has 0 spiro atoms. The number of nitrogens with zero attached hydrogens (tertiary/aromatic N) is 2. The van der Waals surface area contributed by atoms with Gasteiger partial charge in [-0.15, -0.1) is 0 Å². The van der Waals surface area contributed by atoms with Gasteiger partial charge in [0.15, 0.2) is 0 Å². The summed E-state index contributed by atoms with van der Waals surface area (Å²) in [6.45, 7) is 2.34. The molecule has 1 aliphatic heterocycles. The van der Waals surface area contributed by atoms with E-state index >= 15 is 0 Å². The molecular formula is C18H24ClN3O2. The molecule has 1 saturated heterocycles. The highest BCUT2D eigenvalue weighted by Gasteiger charge is 2.45. The van der Waals surface area contributed by atoms with Crippen LogP contribution >= 0.6 is 11.6 Å². The van der Waals surface area contributed by atoms with Gasteiger partial charge in [-0.1, -0.05) is 36.6 Å². The van der Waals surface area contributed by atoms with Crippen LogP contribution in [0.2, 0.25) is 5.02 Å². The summed E-state index contributed by atoms with van der Waals surface area (Å²) >= 11 is 6.17. The van der Waals surface area contributed by atoms with Crippen molar-refractivity contribution in [3.63, 3.8) is 0 Å². The van der Waals surface area contributed by atoms with Gasteiger partial charge in [-0.05, 0) is 37.0 Å². The highest BCUT2D eigenvalue weighted by molar-refractivity contribution is 6.30. The molecule has 1 aliphatic carbocycles. The van der Waals surface area contributed by atoms with Gasteiger partial charge in [0.25, 0.3) is 0 Å². The van der Waals surface area contributed by atoms with Crippen molar-refractivity contribution in [2.24, 2.45) is 5.73 Å². The second-order valence-electron chi connectivity index (χ2n) is 6.77. The number of nitrogens with two attached hydrogens (primary N) is 1. The molecule has 0 bridgehead atoms. The van der Waals surface area contributed by atoms with Crippen LogP contribution in [0.5, 0.6) is 0 Å². The first-order valence-corrected chi connectivity index (χ1v) is 9.00. The Bertz CT molecular complexity index is 628. The molecule has 2 fully saturated rings. The molecule has 6 heteroatoms. The Morgan fingerprint density at radius 1 is 1.00 bits per heavy atom. The van der Waals surface area contributed by atoms with Crippen LogP contribution in [0.3, 0.4) is 0 Å². The quantitative estimate of drug-likeness (QED) is 0.892. The Morgan fingerprint density at radius 2 is 1.67 bits per heavy atom. The van der Waals surface area contributed by atoms with Gasteiger partial charge in [0, 0.05) is 31.2 Å². The van der Waals surface area contributed by atoms with Crippen LogP contribution in [0, 0.1) is 0 Å². The minimum atomic E-state index is -0.465. The third kappa shape index (κ3) is 3.22. The number of hydrogen-bond donors (Lipinski definition) is 1. The number of carbonyl (C=O) groups is 2. The summed E-state index contributed by atoms with van der Waals surface area (Å²) in [5.74, 6) is 0.175. The standard InChI is InChI=1S/C18H24ClN3O2/c19-15-6-3-5-14(13-15)18(7-1-2-8-18)16(23)21-9-4-10-22(12-11-21)17(20)24/h3,5-6,13H,1-2,4,7-12H2,(H2,20,24). The number of hydrogen-bond acceptors (Lipinski definition) is 2. The molecule has 1 aromatic carbocycles. The molecule has 0 aromatic heterocycles. The highest BCUT2D eigenvalue weighted by atomic mass is 35.5. The van der Waals surface area contributed by atoms with Crippen molar-refractivity contribution in [2.75, 3.05) is 26.2 Å². The van der Waals surface area contributed by atoms with E-state index < -0.39 is 11.4 Å². The van der Waals surface area contributed by atoms with Crippen LogP contribution in [-0.2, 0) is 10.2 Å². The zero-order chi connectivity index (χ0) is 17.2. The maximum Gasteiger partial charge on any atom is 0.314 e. The van der Waals surface area contributed by atoms with Gasteiger partial charge in [-0.2, -0.15) is 0 Å². The van der Waals surface area contributed by atoms with Gasteiger partial charge in [0.2, 0.25) is 5.91 Å². The second-order valence-corrected chi connectivity index (χ2v) is 7.21. The van der Waals surface area contributed by atoms with Crippen LogP contribution in [0.15, 0.2) is 24.3 Å². The summed E-state index contributed by atoms with van der Waals surface area (Å²) in [6.07, 6.45) is 4.60. The molecule has 5 nitrogen and oxygen atoms in total. The number of amides is 3. The first-order chi connectivity index (χ1) is 11.5. The van der Waals surface area contributed by atoms with Crippen molar-refractivity contribution in [1.29, 1.82) is 0 Å². The number of carbonyl (C=O) groups excluding carboxylic acids is 2. The van der Waals surface area contributed by atoms with E-state index in [-0.39, 0.29) is 5.91 Å². The molecule has 130 valence electrons. The normalized spacial score (nSPS) is 20.7. The molecule has 24 heavy (non-hydrogen) atoms. The predicted molar refractivity (Wildman–Crippen MR) is 94.0 cm³/mol. The molecule has 2 N–H and O–H groups in total. The number of halogens is 1. The van der Waals surface area contributed by atoms with E-state index in [0.717, 1.165) is 37.7 Å². The van der Waals surface area contributed by atoms with E-state index in [1.165, 1.54) is 0 Å². The van der Waals surface area contributed by atoms with Crippen molar-refractivity contribution in [2.45, 2.75) is 37.5 Å². The molecule has 1 aromatic rings. The van der Waals surface area contributed by atoms with Gasteiger partial charge in [-0.3, -0.25) is 4.79 Å². The number of primary amides is 1. The van der Waals surface area contributed by atoms with Crippen molar-refractivity contribution in [1.82, 2.24) is 9.80 Å². The molecule has 3 amide bonds. The van der Waals surface area contributed by atoms with Gasteiger partial charge in [0.05, 0.1) is 5.41 Å². The summed E-state index contributed by atoms with van der Waals surface area (Å²) in [5.41, 5.74) is 5.94. The van der Waals surface area contributed by atoms with E-state index in [0.29, 0.717) is 31.2 Å². The van der Waals surface area contributed by atoms with Crippen LogP contribution in [-0.4, -0.2) is 47.9 Å². The van der Waals surface area contributed by atoms with Gasteiger partial charge < -0.3 is 15.5 Å². The lowest BCUT2D eigenvalue weighted by Crippen LogP contribution is -2.47. The van der Waals surface area contributed by atoms with Crippen LogP contribution < -0.4 is 5.73 Å². The summed E-state index contributed by atoms with van der Waals surface area (Å²) < 4.78 is 0. The second kappa shape index (κ2) is 7.01. The van der Waals surface area contributed by atoms with Crippen molar-refractivity contribution >= 4 is 23.5 Å². The van der Waals surface area contributed by atoms with E-state index in [1.54, 1.807) is 4.90 Å². The third-order valence-corrected chi connectivity index (χ3v) is 5.57. The topological polar surface area (TPSA) is 66.6 Å². The van der Waals surface area contributed by atoms with Crippen molar-refractivity contribution < 1.29 is 9.59 Å². The predicted octanol–water partition coefficient (Wildman–Crippen LogP) is 2.76. The molecular weight excluding hydrogens is 326 g/mol. The average molecular weight is 350 g/mol. The molecule has 1 heterocycles. The van der Waals surface area contributed by atoms with E-state index in [2.05, 4.69) is 0 Å². The van der Waals surface area contributed by atoms with E-state index in [9.17, 15) is 9.59 Å².